The van der Waals surface area contributed by atoms with Crippen molar-refractivity contribution in [3.63, 3.8) is 0 Å². The predicted molar refractivity (Wildman–Crippen MR) is 147 cm³/mol. The van der Waals surface area contributed by atoms with Gasteiger partial charge >= 0.3 is 5.97 Å². The first-order chi connectivity index (χ1) is 18.0. The molecule has 0 saturated heterocycles. The third-order valence-corrected chi connectivity index (χ3v) is 6.34. The van der Waals surface area contributed by atoms with Gasteiger partial charge in [-0.15, -0.1) is 0 Å². The molecule has 196 valence electrons. The minimum atomic E-state index is -0.394. The van der Waals surface area contributed by atoms with Crippen LogP contribution in [0.4, 0.5) is 5.69 Å². The molecule has 3 aromatic carbocycles. The number of carbonyl (C=O) groups excluding carboxylic acids is 2. The van der Waals surface area contributed by atoms with Crippen molar-refractivity contribution in [3.8, 4) is 11.5 Å². The standard InChI is InChI=1S/C30H34ClNO5/c1-35-28-19-23(12-16-27(28)37-18-8-4-7-11-22-9-5-3-6-10-22)13-17-29(33)32-25-14-15-26(31)24(20-25)21-30(34)36-2/h3,5-6,9-10,12,14-16,19-20H,4,7-8,11,13,17-18,21H2,1-2H3,(H,32,33). The lowest BCUT2D eigenvalue weighted by Gasteiger charge is -2.13. The number of unbranched alkanes of at least 4 members (excludes halogenated alkanes) is 2. The summed E-state index contributed by atoms with van der Waals surface area (Å²) >= 11 is 6.15. The van der Waals surface area contributed by atoms with E-state index in [9.17, 15) is 9.59 Å². The lowest BCUT2D eigenvalue weighted by atomic mass is 10.1. The maximum atomic E-state index is 12.5. The maximum Gasteiger partial charge on any atom is 0.310 e. The molecule has 1 amide bonds. The fourth-order valence-corrected chi connectivity index (χ4v) is 4.10. The van der Waals surface area contributed by atoms with Crippen LogP contribution in [0.3, 0.4) is 0 Å². The summed E-state index contributed by atoms with van der Waals surface area (Å²) in [6.07, 6.45) is 5.17. The van der Waals surface area contributed by atoms with Crippen molar-refractivity contribution >= 4 is 29.2 Å². The lowest BCUT2D eigenvalue weighted by Crippen LogP contribution is -2.13. The first-order valence-corrected chi connectivity index (χ1v) is 12.8. The number of amides is 1. The van der Waals surface area contributed by atoms with Crippen LogP contribution < -0.4 is 14.8 Å². The summed E-state index contributed by atoms with van der Waals surface area (Å²) in [4.78, 5) is 24.1. The Balaban J connectivity index is 1.43. The highest BCUT2D eigenvalue weighted by Gasteiger charge is 2.11. The van der Waals surface area contributed by atoms with Crippen LogP contribution >= 0.6 is 11.6 Å². The molecule has 37 heavy (non-hydrogen) atoms. The monoisotopic (exact) mass is 523 g/mol. The molecular formula is C30H34ClNO5. The lowest BCUT2D eigenvalue weighted by molar-refractivity contribution is -0.139. The van der Waals surface area contributed by atoms with Gasteiger partial charge in [-0.2, -0.15) is 0 Å². The Bertz CT molecular complexity index is 1170. The number of hydrogen-bond acceptors (Lipinski definition) is 5. The van der Waals surface area contributed by atoms with Crippen molar-refractivity contribution in [2.75, 3.05) is 26.1 Å². The molecule has 0 aliphatic carbocycles. The number of aryl methyl sites for hydroxylation is 2. The van der Waals surface area contributed by atoms with E-state index in [2.05, 4.69) is 29.6 Å². The quantitative estimate of drug-likeness (QED) is 0.195. The van der Waals surface area contributed by atoms with E-state index in [0.717, 1.165) is 31.2 Å². The number of anilines is 1. The molecule has 0 aliphatic heterocycles. The summed E-state index contributed by atoms with van der Waals surface area (Å²) in [6, 6.07) is 21.3. The predicted octanol–water partition coefficient (Wildman–Crippen LogP) is 6.43. The van der Waals surface area contributed by atoms with Gasteiger partial charge < -0.3 is 19.5 Å². The summed E-state index contributed by atoms with van der Waals surface area (Å²) in [5.74, 6) is 0.835. The number of carbonyl (C=O) groups is 2. The second-order valence-corrected chi connectivity index (χ2v) is 9.14. The van der Waals surface area contributed by atoms with Gasteiger partial charge in [0.25, 0.3) is 0 Å². The summed E-state index contributed by atoms with van der Waals surface area (Å²) in [5, 5.41) is 3.31. The molecule has 3 rings (SSSR count). The number of halogens is 1. The van der Waals surface area contributed by atoms with E-state index >= 15 is 0 Å². The highest BCUT2D eigenvalue weighted by Crippen LogP contribution is 2.29. The van der Waals surface area contributed by atoms with Crippen molar-refractivity contribution < 1.29 is 23.8 Å². The number of rotatable bonds is 14. The minimum absolute atomic E-state index is 0.0426. The molecule has 1 N–H and O–H groups in total. The van der Waals surface area contributed by atoms with Crippen molar-refractivity contribution in [2.45, 2.75) is 44.9 Å². The highest BCUT2D eigenvalue weighted by atomic mass is 35.5. The molecule has 0 heterocycles. The average Bonchev–Trinajstić information content (AvgIpc) is 2.92. The Labute approximate surface area is 223 Å². The molecular weight excluding hydrogens is 490 g/mol. The minimum Gasteiger partial charge on any atom is -0.493 e. The van der Waals surface area contributed by atoms with Gasteiger partial charge in [-0.1, -0.05) is 48.0 Å². The zero-order chi connectivity index (χ0) is 26.5. The summed E-state index contributed by atoms with van der Waals surface area (Å²) in [7, 11) is 2.94. The van der Waals surface area contributed by atoms with E-state index in [0.29, 0.717) is 47.2 Å². The van der Waals surface area contributed by atoms with Crippen LogP contribution in [-0.4, -0.2) is 32.7 Å². The first-order valence-electron chi connectivity index (χ1n) is 12.5. The summed E-state index contributed by atoms with van der Waals surface area (Å²) in [6.45, 7) is 0.631. The molecule has 0 unspecified atom stereocenters. The maximum absolute atomic E-state index is 12.5. The Kier molecular flexibility index (Phi) is 11.3. The van der Waals surface area contributed by atoms with Crippen molar-refractivity contribution in [3.05, 3.63) is 88.4 Å². The number of ether oxygens (including phenoxy) is 3. The van der Waals surface area contributed by atoms with E-state index in [-0.39, 0.29) is 12.3 Å². The third-order valence-electron chi connectivity index (χ3n) is 5.97. The third kappa shape index (κ3) is 9.47. The number of esters is 1. The SMILES string of the molecule is COC(=O)Cc1cc(NC(=O)CCc2ccc(OCCCCCc3ccccc3)c(OC)c2)ccc1Cl. The molecule has 7 heteroatoms. The molecule has 0 atom stereocenters. The second kappa shape index (κ2) is 14.9. The van der Waals surface area contributed by atoms with Gasteiger partial charge in [-0.05, 0) is 79.1 Å². The first kappa shape index (κ1) is 28.1. The van der Waals surface area contributed by atoms with Gasteiger partial charge in [0.1, 0.15) is 0 Å². The van der Waals surface area contributed by atoms with Crippen LogP contribution in [0.2, 0.25) is 5.02 Å². The van der Waals surface area contributed by atoms with Crippen LogP contribution in [0.1, 0.15) is 42.4 Å². The van der Waals surface area contributed by atoms with Crippen molar-refractivity contribution in [2.24, 2.45) is 0 Å². The molecule has 6 nitrogen and oxygen atoms in total. The van der Waals surface area contributed by atoms with Crippen LogP contribution in [-0.2, 0) is 33.6 Å². The van der Waals surface area contributed by atoms with Gasteiger partial charge in [-0.25, -0.2) is 0 Å². The molecule has 0 aromatic heterocycles. The van der Waals surface area contributed by atoms with Crippen LogP contribution in [0.25, 0.3) is 0 Å². The molecule has 0 saturated carbocycles. The fraction of sp³-hybridized carbons (Fsp3) is 0.333. The molecule has 0 fully saturated rings. The Morgan fingerprint density at radius 3 is 2.41 bits per heavy atom. The van der Waals surface area contributed by atoms with Gasteiger partial charge in [0.05, 0.1) is 27.2 Å². The smallest absolute Gasteiger partial charge is 0.310 e. The zero-order valence-electron chi connectivity index (χ0n) is 21.4. The Morgan fingerprint density at radius 2 is 1.65 bits per heavy atom. The number of methoxy groups -OCH3 is 2. The molecule has 0 spiro atoms. The summed E-state index contributed by atoms with van der Waals surface area (Å²) < 4.78 is 16.2. The second-order valence-electron chi connectivity index (χ2n) is 8.74. The van der Waals surface area contributed by atoms with Gasteiger partial charge in [0, 0.05) is 17.1 Å². The van der Waals surface area contributed by atoms with E-state index in [1.807, 2.05) is 24.3 Å². The Hall–Kier alpha value is -3.51. The van der Waals surface area contributed by atoms with E-state index in [1.54, 1.807) is 25.3 Å². The zero-order valence-corrected chi connectivity index (χ0v) is 22.2. The fourth-order valence-electron chi connectivity index (χ4n) is 3.92. The molecule has 0 radical (unpaired) electrons. The topological polar surface area (TPSA) is 73.9 Å². The van der Waals surface area contributed by atoms with Crippen molar-refractivity contribution in [1.29, 1.82) is 0 Å². The van der Waals surface area contributed by atoms with Gasteiger partial charge in [-0.3, -0.25) is 9.59 Å². The highest BCUT2D eigenvalue weighted by molar-refractivity contribution is 6.31. The molecule has 0 bridgehead atoms. The van der Waals surface area contributed by atoms with E-state index in [4.69, 9.17) is 25.8 Å². The normalized spacial score (nSPS) is 10.6. The van der Waals surface area contributed by atoms with E-state index < -0.39 is 5.97 Å². The largest absolute Gasteiger partial charge is 0.493 e. The number of nitrogens with one attached hydrogen (secondary N) is 1. The van der Waals surface area contributed by atoms with Crippen molar-refractivity contribution in [1.82, 2.24) is 0 Å². The molecule has 3 aromatic rings. The van der Waals surface area contributed by atoms with Gasteiger partial charge in [0.2, 0.25) is 5.91 Å². The average molecular weight is 524 g/mol. The number of hydrogen-bond donors (Lipinski definition) is 1. The van der Waals surface area contributed by atoms with Crippen LogP contribution in [0.15, 0.2) is 66.7 Å². The molecule has 0 aliphatic rings. The van der Waals surface area contributed by atoms with Crippen LogP contribution in [0, 0.1) is 0 Å². The number of benzene rings is 3. The van der Waals surface area contributed by atoms with Gasteiger partial charge in [0.15, 0.2) is 11.5 Å². The van der Waals surface area contributed by atoms with E-state index in [1.165, 1.54) is 12.7 Å². The Morgan fingerprint density at radius 1 is 0.838 bits per heavy atom. The van der Waals surface area contributed by atoms with Crippen LogP contribution in [0.5, 0.6) is 11.5 Å². The summed E-state index contributed by atoms with van der Waals surface area (Å²) in [5.41, 5.74) is 3.52.